The highest BCUT2D eigenvalue weighted by Crippen LogP contribution is 2.40. The molecule has 4 heterocycles. The van der Waals surface area contributed by atoms with Crippen LogP contribution in [-0.2, 0) is 0 Å². The number of alkyl halides is 2. The summed E-state index contributed by atoms with van der Waals surface area (Å²) >= 11 is 0. The Hall–Kier alpha value is -3.14. The molecule has 0 amide bonds. The summed E-state index contributed by atoms with van der Waals surface area (Å²) in [6, 6.07) is 4.60. The van der Waals surface area contributed by atoms with Crippen LogP contribution in [-0.4, -0.2) is 59.9 Å². The van der Waals surface area contributed by atoms with E-state index in [2.05, 4.69) is 25.5 Å². The van der Waals surface area contributed by atoms with E-state index in [1.54, 1.807) is 48.4 Å². The Morgan fingerprint density at radius 2 is 2.17 bits per heavy atom. The van der Waals surface area contributed by atoms with Crippen molar-refractivity contribution < 1.29 is 18.6 Å². The summed E-state index contributed by atoms with van der Waals surface area (Å²) in [5, 5.41) is 21.3. The van der Waals surface area contributed by atoms with Crippen molar-refractivity contribution >= 4 is 0 Å². The van der Waals surface area contributed by atoms with Gasteiger partial charge in [0.15, 0.2) is 12.0 Å². The van der Waals surface area contributed by atoms with Crippen molar-refractivity contribution in [2.75, 3.05) is 0 Å². The molecule has 0 saturated carbocycles. The lowest BCUT2D eigenvalue weighted by Crippen LogP contribution is -2.59. The van der Waals surface area contributed by atoms with Crippen molar-refractivity contribution in [3.63, 3.8) is 0 Å². The second-order valence-electron chi connectivity index (χ2n) is 7.97. The molecule has 2 saturated heterocycles. The van der Waals surface area contributed by atoms with Gasteiger partial charge in [-0.25, -0.2) is 18.7 Å². The molecule has 10 heteroatoms. The topological polar surface area (TPSA) is 98.0 Å². The zero-order valence-corrected chi connectivity index (χ0v) is 16.1. The summed E-state index contributed by atoms with van der Waals surface area (Å²) in [6.07, 6.45) is 3.38. The van der Waals surface area contributed by atoms with Crippen LogP contribution in [0, 0.1) is 0 Å². The smallest absolute Gasteiger partial charge is 0.252 e. The van der Waals surface area contributed by atoms with Gasteiger partial charge in [-0.05, 0) is 19.1 Å². The van der Waals surface area contributed by atoms with E-state index in [9.17, 15) is 13.9 Å². The third kappa shape index (κ3) is 3.17. The normalized spacial score (nSPS) is 30.4. The van der Waals surface area contributed by atoms with Gasteiger partial charge in [0.05, 0.1) is 29.3 Å². The molecular weight excluding hydrogens is 394 g/mol. The molecule has 0 aliphatic carbocycles. The van der Waals surface area contributed by atoms with Crippen LogP contribution in [0.2, 0.25) is 0 Å². The molecule has 30 heavy (non-hydrogen) atoms. The number of hydrogen-bond donors (Lipinski definition) is 2. The molecule has 5 rings (SSSR count). The fraction of sp³-hybridized carbons (Fsp3) is 0.400. The molecule has 2 aliphatic heterocycles. The van der Waals surface area contributed by atoms with Crippen LogP contribution < -0.4 is 10.1 Å². The molecule has 2 aliphatic rings. The highest BCUT2D eigenvalue weighted by molar-refractivity contribution is 5.65. The van der Waals surface area contributed by atoms with Crippen LogP contribution in [0.1, 0.15) is 19.8 Å². The quantitative estimate of drug-likeness (QED) is 0.676. The Morgan fingerprint density at radius 1 is 1.30 bits per heavy atom. The molecule has 0 spiro atoms. The number of hydrogen-bond acceptors (Lipinski definition) is 7. The lowest BCUT2D eigenvalue weighted by Gasteiger charge is -2.39. The summed E-state index contributed by atoms with van der Waals surface area (Å²) < 4.78 is 36.3. The fourth-order valence-corrected chi connectivity index (χ4v) is 4.29. The Kier molecular flexibility index (Phi) is 4.39. The maximum Gasteiger partial charge on any atom is 0.252 e. The summed E-state index contributed by atoms with van der Waals surface area (Å²) in [5.74, 6) is 0.244. The van der Waals surface area contributed by atoms with Crippen LogP contribution in [0.25, 0.3) is 17.1 Å². The third-order valence-corrected chi connectivity index (χ3v) is 5.83. The number of rotatable bonds is 4. The van der Waals surface area contributed by atoms with Crippen molar-refractivity contribution in [1.82, 2.24) is 30.0 Å². The number of halogens is 2. The van der Waals surface area contributed by atoms with Crippen LogP contribution >= 0.6 is 0 Å². The number of ether oxygens (including phenoxy) is 1. The standard InChI is InChI=1S/C20H20F2N6O2/c1-20-8-13(21)14(25-20)7-16(18(20)22)30-17-9-24-19(27-26-17)12-3-2-11(6-15(12)29)28-5-4-23-10-28/h2-6,9-10,13-14,16,18,25,29H,7-8H2,1H3/t13-,14-,16+,18-,20-/m0/s1. The van der Waals surface area contributed by atoms with Crippen LogP contribution in [0.15, 0.2) is 43.1 Å². The Morgan fingerprint density at radius 3 is 2.87 bits per heavy atom. The van der Waals surface area contributed by atoms with Gasteiger partial charge in [0, 0.05) is 37.3 Å². The number of benzene rings is 1. The molecule has 5 atom stereocenters. The number of aromatic nitrogens is 5. The van der Waals surface area contributed by atoms with Crippen molar-refractivity contribution in [3.05, 3.63) is 43.1 Å². The maximum atomic E-state index is 14.9. The van der Waals surface area contributed by atoms with Gasteiger partial charge in [-0.1, -0.05) is 0 Å². The van der Waals surface area contributed by atoms with E-state index in [1.807, 2.05) is 0 Å². The van der Waals surface area contributed by atoms with E-state index in [0.29, 0.717) is 5.56 Å². The highest BCUT2D eigenvalue weighted by atomic mass is 19.1. The first-order chi connectivity index (χ1) is 14.4. The number of phenolic OH excluding ortho intramolecular Hbond substituents is 1. The molecule has 3 aromatic rings. The highest BCUT2D eigenvalue weighted by Gasteiger charge is 2.55. The van der Waals surface area contributed by atoms with Gasteiger partial charge in [0.1, 0.15) is 18.0 Å². The van der Waals surface area contributed by atoms with Gasteiger partial charge in [-0.15, -0.1) is 10.2 Å². The number of imidazole rings is 1. The molecule has 1 aromatic carbocycles. The van der Waals surface area contributed by atoms with E-state index in [0.717, 1.165) is 5.69 Å². The first-order valence-corrected chi connectivity index (χ1v) is 9.67. The van der Waals surface area contributed by atoms with E-state index < -0.39 is 30.0 Å². The Bertz CT molecular complexity index is 1040. The minimum Gasteiger partial charge on any atom is -0.507 e. The molecule has 0 unspecified atom stereocenters. The summed E-state index contributed by atoms with van der Waals surface area (Å²) in [4.78, 5) is 8.16. The number of fused-ring (bicyclic) bond motifs is 2. The van der Waals surface area contributed by atoms with E-state index >= 15 is 0 Å². The molecule has 0 radical (unpaired) electrons. The van der Waals surface area contributed by atoms with Crippen molar-refractivity contribution in [2.24, 2.45) is 0 Å². The van der Waals surface area contributed by atoms with Crippen molar-refractivity contribution in [1.29, 1.82) is 0 Å². The summed E-state index contributed by atoms with van der Waals surface area (Å²) in [7, 11) is 0. The third-order valence-electron chi connectivity index (χ3n) is 5.83. The fourth-order valence-electron chi connectivity index (χ4n) is 4.29. The maximum absolute atomic E-state index is 14.9. The molecule has 2 N–H and O–H groups in total. The zero-order valence-electron chi connectivity index (χ0n) is 16.1. The van der Waals surface area contributed by atoms with Gasteiger partial charge in [0.2, 0.25) is 0 Å². The average molecular weight is 414 g/mol. The van der Waals surface area contributed by atoms with Gasteiger partial charge in [-0.3, -0.25) is 0 Å². The lowest BCUT2D eigenvalue weighted by atomic mass is 9.88. The zero-order chi connectivity index (χ0) is 20.9. The number of nitrogens with one attached hydrogen (secondary N) is 1. The van der Waals surface area contributed by atoms with Crippen LogP contribution in [0.3, 0.4) is 0 Å². The molecule has 2 fully saturated rings. The van der Waals surface area contributed by atoms with E-state index in [-0.39, 0.29) is 30.3 Å². The first-order valence-electron chi connectivity index (χ1n) is 9.67. The van der Waals surface area contributed by atoms with Crippen LogP contribution in [0.4, 0.5) is 8.78 Å². The minimum atomic E-state index is -1.38. The predicted molar refractivity (Wildman–Crippen MR) is 103 cm³/mol. The van der Waals surface area contributed by atoms with Gasteiger partial charge in [0.25, 0.3) is 5.88 Å². The monoisotopic (exact) mass is 414 g/mol. The summed E-state index contributed by atoms with van der Waals surface area (Å²) in [6.45, 7) is 1.67. The SMILES string of the molecule is C[C@]12C[C@H](F)[C@H](C[C@@H](Oc3cnc(-c4ccc(-n5ccnc5)cc4O)nn3)[C@@H]1F)N2. The molecule has 8 nitrogen and oxygen atoms in total. The minimum absolute atomic E-state index is 0.0164. The number of piperidine rings is 1. The second kappa shape index (κ2) is 6.98. The van der Waals surface area contributed by atoms with E-state index in [1.165, 1.54) is 6.20 Å². The number of aromatic hydroxyl groups is 1. The van der Waals surface area contributed by atoms with Gasteiger partial charge < -0.3 is 19.7 Å². The van der Waals surface area contributed by atoms with Crippen molar-refractivity contribution in [3.8, 4) is 28.7 Å². The molecular formula is C20H20F2N6O2. The van der Waals surface area contributed by atoms with Gasteiger partial charge in [-0.2, -0.15) is 0 Å². The number of nitrogens with zero attached hydrogens (tertiary/aromatic N) is 5. The largest absolute Gasteiger partial charge is 0.507 e. The lowest BCUT2D eigenvalue weighted by molar-refractivity contribution is 0.00715. The first kappa shape index (κ1) is 18.9. The van der Waals surface area contributed by atoms with Crippen molar-refractivity contribution in [2.45, 2.75) is 49.8 Å². The van der Waals surface area contributed by atoms with E-state index in [4.69, 9.17) is 4.74 Å². The molecule has 156 valence electrons. The Labute approximate surface area is 171 Å². The number of phenols is 1. The van der Waals surface area contributed by atoms with Gasteiger partial charge >= 0.3 is 0 Å². The summed E-state index contributed by atoms with van der Waals surface area (Å²) in [5.41, 5.74) is 0.182. The predicted octanol–water partition coefficient (Wildman–Crippen LogP) is 2.38. The molecule has 2 aromatic heterocycles. The molecule has 2 bridgehead atoms. The average Bonchev–Trinajstić information content (AvgIpc) is 3.34. The Balaban J connectivity index is 1.33. The second-order valence-corrected chi connectivity index (χ2v) is 7.97. The van der Waals surface area contributed by atoms with Crippen LogP contribution in [0.5, 0.6) is 11.6 Å².